The number of nitrogens with one attached hydrogen (secondary N) is 1. The van der Waals surface area contributed by atoms with Gasteiger partial charge in [-0.3, -0.25) is 9.36 Å². The highest BCUT2D eigenvalue weighted by atomic mass is 32.2. The second-order valence-corrected chi connectivity index (χ2v) is 8.79. The quantitative estimate of drug-likeness (QED) is 0.299. The van der Waals surface area contributed by atoms with E-state index >= 15 is 0 Å². The Bertz CT molecular complexity index is 1100. The van der Waals surface area contributed by atoms with Gasteiger partial charge in [0.1, 0.15) is 12.4 Å². The zero-order valence-corrected chi connectivity index (χ0v) is 20.7. The fourth-order valence-corrected chi connectivity index (χ4v) is 4.42. The minimum Gasteiger partial charge on any atom is -0.485 e. The number of carbonyl (C=O) groups is 1. The lowest BCUT2D eigenvalue weighted by Gasteiger charge is -2.14. The molecule has 0 spiro atoms. The topological polar surface area (TPSA) is 69.0 Å². The monoisotopic (exact) mass is 464 g/mol. The molecule has 0 bridgehead atoms. The van der Waals surface area contributed by atoms with Crippen molar-refractivity contribution in [3.63, 3.8) is 0 Å². The molecule has 7 heteroatoms. The summed E-state index contributed by atoms with van der Waals surface area (Å²) in [4.78, 5) is 12.7. The highest BCUT2D eigenvalue weighted by Gasteiger charge is 2.16. The third-order valence-corrected chi connectivity index (χ3v) is 6.35. The summed E-state index contributed by atoms with van der Waals surface area (Å²) in [6.07, 6.45) is 3.53. The van der Waals surface area contributed by atoms with Crippen LogP contribution in [-0.4, -0.2) is 26.4 Å². The average Bonchev–Trinajstić information content (AvgIpc) is 3.19. The van der Waals surface area contributed by atoms with Gasteiger partial charge < -0.3 is 10.1 Å². The first-order valence-corrected chi connectivity index (χ1v) is 12.2. The van der Waals surface area contributed by atoms with Crippen molar-refractivity contribution >= 4 is 23.4 Å². The van der Waals surface area contributed by atoms with Crippen LogP contribution >= 0.6 is 11.8 Å². The van der Waals surface area contributed by atoms with E-state index in [9.17, 15) is 4.79 Å². The number of hydrogen-bond donors (Lipinski definition) is 1. The van der Waals surface area contributed by atoms with Crippen LogP contribution in [0.5, 0.6) is 5.75 Å². The molecule has 0 aliphatic carbocycles. The maximum atomic E-state index is 12.7. The summed E-state index contributed by atoms with van der Waals surface area (Å²) >= 11 is 1.36. The van der Waals surface area contributed by atoms with Crippen molar-refractivity contribution < 1.29 is 9.53 Å². The molecule has 3 rings (SSSR count). The van der Waals surface area contributed by atoms with E-state index in [0.29, 0.717) is 24.1 Å². The molecule has 3 aromatic rings. The van der Waals surface area contributed by atoms with Gasteiger partial charge in [0, 0.05) is 12.2 Å². The predicted molar refractivity (Wildman–Crippen MR) is 135 cm³/mol. The lowest BCUT2D eigenvalue weighted by molar-refractivity contribution is -0.113. The van der Waals surface area contributed by atoms with Gasteiger partial charge in [0.25, 0.3) is 0 Å². The summed E-state index contributed by atoms with van der Waals surface area (Å²) < 4.78 is 7.92. The summed E-state index contributed by atoms with van der Waals surface area (Å²) in [6.45, 7) is 13.0. The van der Waals surface area contributed by atoms with Crippen molar-refractivity contribution in [2.75, 3.05) is 11.1 Å². The van der Waals surface area contributed by atoms with Crippen molar-refractivity contribution in [3.8, 4) is 5.75 Å². The number of carbonyl (C=O) groups excluding carboxylic acids is 1. The van der Waals surface area contributed by atoms with Crippen molar-refractivity contribution in [2.45, 2.75) is 58.8 Å². The number of benzene rings is 2. The normalized spacial score (nSPS) is 10.8. The Morgan fingerprint density at radius 1 is 1.15 bits per heavy atom. The zero-order valence-electron chi connectivity index (χ0n) is 19.9. The van der Waals surface area contributed by atoms with Crippen LogP contribution in [0, 0.1) is 13.8 Å². The van der Waals surface area contributed by atoms with E-state index in [4.69, 9.17) is 4.74 Å². The first kappa shape index (κ1) is 24.6. The van der Waals surface area contributed by atoms with Crippen LogP contribution in [-0.2, 0) is 30.8 Å². The molecule has 1 heterocycles. The number of rotatable bonds is 11. The lowest BCUT2D eigenvalue weighted by atomic mass is 10.0. The Hall–Kier alpha value is -3.06. The number of ether oxygens (including phenoxy) is 1. The second-order valence-electron chi connectivity index (χ2n) is 7.85. The van der Waals surface area contributed by atoms with Gasteiger partial charge in [-0.2, -0.15) is 0 Å². The Balaban J connectivity index is 1.67. The highest BCUT2D eigenvalue weighted by molar-refractivity contribution is 7.99. The first-order chi connectivity index (χ1) is 16.0. The van der Waals surface area contributed by atoms with Gasteiger partial charge in [0.2, 0.25) is 5.91 Å². The number of para-hydroxylation sites is 1. The Kier molecular flexibility index (Phi) is 8.72. The van der Waals surface area contributed by atoms with E-state index in [-0.39, 0.29) is 11.7 Å². The summed E-state index contributed by atoms with van der Waals surface area (Å²) in [5.41, 5.74) is 5.50. The molecule has 174 valence electrons. The summed E-state index contributed by atoms with van der Waals surface area (Å²) in [5.74, 6) is 1.71. The number of thioether (sulfide) groups is 1. The molecule has 2 aromatic carbocycles. The summed E-state index contributed by atoms with van der Waals surface area (Å²) in [7, 11) is 0. The third kappa shape index (κ3) is 6.26. The second kappa shape index (κ2) is 11.7. The third-order valence-electron chi connectivity index (χ3n) is 5.39. The molecule has 1 amide bonds. The number of nitrogens with zero attached hydrogens (tertiary/aromatic N) is 3. The van der Waals surface area contributed by atoms with Gasteiger partial charge in [-0.05, 0) is 49.4 Å². The van der Waals surface area contributed by atoms with E-state index < -0.39 is 0 Å². The lowest BCUT2D eigenvalue weighted by Crippen LogP contribution is -2.17. The van der Waals surface area contributed by atoms with Gasteiger partial charge in [-0.1, -0.05) is 67.6 Å². The molecular formula is C26H32N4O2S. The molecule has 1 aromatic heterocycles. The standard InChI is InChI=1S/C26H32N4O2S/c1-6-14-30-23(16-32-22-13-12-18(4)15-19(22)5)28-29-26(30)33-17-24(31)27-25-20(7-2)10-9-11-21(25)8-3/h6,9-13,15H,1,7-8,14,16-17H2,2-5H3,(H,27,31). The Labute approximate surface area is 200 Å². The van der Waals surface area contributed by atoms with E-state index in [0.717, 1.165) is 41.0 Å². The first-order valence-electron chi connectivity index (χ1n) is 11.2. The molecular weight excluding hydrogens is 432 g/mol. The number of aryl methyl sites for hydroxylation is 4. The van der Waals surface area contributed by atoms with Gasteiger partial charge in [0.15, 0.2) is 11.0 Å². The fraction of sp³-hybridized carbons (Fsp3) is 0.346. The smallest absolute Gasteiger partial charge is 0.234 e. The van der Waals surface area contributed by atoms with Crippen LogP contribution in [0.1, 0.15) is 41.9 Å². The largest absolute Gasteiger partial charge is 0.485 e. The fourth-order valence-electron chi connectivity index (χ4n) is 3.66. The molecule has 0 fully saturated rings. The van der Waals surface area contributed by atoms with Gasteiger partial charge in [0.05, 0.1) is 5.75 Å². The summed E-state index contributed by atoms with van der Waals surface area (Å²) in [5, 5.41) is 12.4. The molecule has 0 radical (unpaired) electrons. The van der Waals surface area contributed by atoms with Crippen LogP contribution in [0.3, 0.4) is 0 Å². The zero-order chi connectivity index (χ0) is 23.8. The molecule has 0 aliphatic rings. The number of aromatic nitrogens is 3. The summed E-state index contributed by atoms with van der Waals surface area (Å²) in [6, 6.07) is 12.2. The Morgan fingerprint density at radius 3 is 2.52 bits per heavy atom. The SMILES string of the molecule is C=CCn1c(COc2ccc(C)cc2C)nnc1SCC(=O)Nc1c(CC)cccc1CC. The van der Waals surface area contributed by atoms with Crippen molar-refractivity contribution in [1.82, 2.24) is 14.8 Å². The van der Waals surface area contributed by atoms with Crippen LogP contribution in [0.15, 0.2) is 54.2 Å². The van der Waals surface area contributed by atoms with E-state index in [1.807, 2.05) is 29.7 Å². The maximum Gasteiger partial charge on any atom is 0.234 e. The van der Waals surface area contributed by atoms with Crippen molar-refractivity contribution in [3.05, 3.63) is 77.1 Å². The van der Waals surface area contributed by atoms with E-state index in [1.165, 1.54) is 17.3 Å². The Morgan fingerprint density at radius 2 is 1.88 bits per heavy atom. The van der Waals surface area contributed by atoms with Crippen molar-refractivity contribution in [2.24, 2.45) is 0 Å². The molecule has 6 nitrogen and oxygen atoms in total. The molecule has 0 saturated heterocycles. The highest BCUT2D eigenvalue weighted by Crippen LogP contribution is 2.25. The van der Waals surface area contributed by atoms with Gasteiger partial charge >= 0.3 is 0 Å². The van der Waals surface area contributed by atoms with Crippen LogP contribution < -0.4 is 10.1 Å². The van der Waals surface area contributed by atoms with E-state index in [2.05, 4.69) is 61.1 Å². The number of amides is 1. The number of hydrogen-bond acceptors (Lipinski definition) is 5. The van der Waals surface area contributed by atoms with Crippen molar-refractivity contribution in [1.29, 1.82) is 0 Å². The number of anilines is 1. The predicted octanol–water partition coefficient (Wildman–Crippen LogP) is 5.52. The van der Waals surface area contributed by atoms with Gasteiger partial charge in [-0.15, -0.1) is 16.8 Å². The molecule has 1 N–H and O–H groups in total. The van der Waals surface area contributed by atoms with Crippen LogP contribution in [0.25, 0.3) is 0 Å². The minimum absolute atomic E-state index is 0.0585. The molecule has 0 unspecified atom stereocenters. The molecule has 0 atom stereocenters. The molecule has 33 heavy (non-hydrogen) atoms. The number of allylic oxidation sites excluding steroid dienone is 1. The minimum atomic E-state index is -0.0585. The van der Waals surface area contributed by atoms with Gasteiger partial charge in [-0.25, -0.2) is 0 Å². The van der Waals surface area contributed by atoms with Crippen LogP contribution in [0.4, 0.5) is 5.69 Å². The maximum absolute atomic E-state index is 12.7. The van der Waals surface area contributed by atoms with E-state index in [1.54, 1.807) is 6.08 Å². The average molecular weight is 465 g/mol. The van der Waals surface area contributed by atoms with Crippen LogP contribution in [0.2, 0.25) is 0 Å². The molecule has 0 saturated carbocycles. The molecule has 0 aliphatic heterocycles.